The van der Waals surface area contributed by atoms with Crippen molar-refractivity contribution >= 4 is 11.8 Å². The van der Waals surface area contributed by atoms with E-state index in [9.17, 15) is 9.59 Å². The van der Waals surface area contributed by atoms with Crippen LogP contribution in [0.5, 0.6) is 0 Å². The standard InChI is InChI=1S/C34H60NO6/c1-7-35(8-2,9-3)17-18-38-19-20-39-21-22-40-23-24-41-30(37)33(6)14-10-13-32(5)27(33)12-16-34-25-29(36)31(4,26-34)15-11-28(32)34/h27-28H,7-26H2,1-6H3/q+1/t27-,28-,31-,32+,33+,34-/m0/s1. The number of Topliss-reactive ketones (excluding diaryl/α,β-unsaturated/α-hetero) is 1. The van der Waals surface area contributed by atoms with Gasteiger partial charge in [0.05, 0.1) is 64.7 Å². The molecule has 0 aromatic heterocycles. The van der Waals surface area contributed by atoms with E-state index in [0.717, 1.165) is 88.6 Å². The lowest BCUT2D eigenvalue weighted by Crippen LogP contribution is -2.58. The van der Waals surface area contributed by atoms with Gasteiger partial charge in [-0.05, 0) is 95.3 Å². The number of quaternary nitrogens is 1. The summed E-state index contributed by atoms with van der Waals surface area (Å²) in [6, 6.07) is 0. The number of ketones is 1. The summed E-state index contributed by atoms with van der Waals surface area (Å²) >= 11 is 0. The molecule has 7 heteroatoms. The first-order valence-corrected chi connectivity index (χ1v) is 16.8. The molecule has 0 heterocycles. The Labute approximate surface area is 250 Å². The van der Waals surface area contributed by atoms with Gasteiger partial charge in [0.1, 0.15) is 18.9 Å². The molecule has 2 bridgehead atoms. The van der Waals surface area contributed by atoms with Crippen LogP contribution < -0.4 is 0 Å². The van der Waals surface area contributed by atoms with Crippen molar-refractivity contribution in [2.24, 2.45) is 33.5 Å². The van der Waals surface area contributed by atoms with Crippen LogP contribution in [0.15, 0.2) is 0 Å². The summed E-state index contributed by atoms with van der Waals surface area (Å²) in [7, 11) is 0. The highest BCUT2D eigenvalue weighted by atomic mass is 16.6. The minimum Gasteiger partial charge on any atom is -0.463 e. The smallest absolute Gasteiger partial charge is 0.312 e. The largest absolute Gasteiger partial charge is 0.463 e. The summed E-state index contributed by atoms with van der Waals surface area (Å²) in [6.45, 7) is 21.6. The average Bonchev–Trinajstić information content (AvgIpc) is 3.13. The quantitative estimate of drug-likeness (QED) is 0.130. The SMILES string of the molecule is CC[N+](CC)(CC)CCOCCOCCOCCOC(=O)[C@]1(C)CCC[C@@]2(C)[C@@H]3CC[C@@]4(C)C[C@]3(CC[C@@H]21)CC4=O. The Morgan fingerprint density at radius 1 is 0.780 bits per heavy atom. The van der Waals surface area contributed by atoms with Gasteiger partial charge in [-0.15, -0.1) is 0 Å². The zero-order valence-corrected chi connectivity index (χ0v) is 27.2. The number of nitrogens with zero attached hydrogens (tertiary/aromatic N) is 1. The Bertz CT molecular complexity index is 897. The third-order valence-electron chi connectivity index (χ3n) is 12.7. The Balaban J connectivity index is 1.14. The predicted molar refractivity (Wildman–Crippen MR) is 160 cm³/mol. The lowest BCUT2D eigenvalue weighted by molar-refractivity contribution is -0.923. The first-order valence-electron chi connectivity index (χ1n) is 16.8. The number of rotatable bonds is 16. The van der Waals surface area contributed by atoms with Gasteiger partial charge in [-0.2, -0.15) is 0 Å². The van der Waals surface area contributed by atoms with Gasteiger partial charge in [0.25, 0.3) is 0 Å². The minimum absolute atomic E-state index is 0.0543. The van der Waals surface area contributed by atoms with Crippen LogP contribution in [0.4, 0.5) is 0 Å². The van der Waals surface area contributed by atoms with Crippen LogP contribution in [0.3, 0.4) is 0 Å². The monoisotopic (exact) mass is 578 g/mol. The Kier molecular flexibility index (Phi) is 10.7. The molecule has 41 heavy (non-hydrogen) atoms. The predicted octanol–water partition coefficient (Wildman–Crippen LogP) is 5.83. The number of carbonyl (C=O) groups is 2. The molecule has 0 radical (unpaired) electrons. The summed E-state index contributed by atoms with van der Waals surface area (Å²) in [4.78, 5) is 26.5. The number of carbonyl (C=O) groups excluding carboxylic acids is 2. The van der Waals surface area contributed by atoms with Crippen LogP contribution in [0.25, 0.3) is 0 Å². The highest BCUT2D eigenvalue weighted by Gasteiger charge is 2.68. The van der Waals surface area contributed by atoms with Gasteiger partial charge in [-0.25, -0.2) is 0 Å². The second-order valence-corrected chi connectivity index (χ2v) is 14.6. The molecule has 4 fully saturated rings. The summed E-state index contributed by atoms with van der Waals surface area (Å²) in [5.41, 5.74) is -0.271. The van der Waals surface area contributed by atoms with E-state index in [1.54, 1.807) is 0 Å². The van der Waals surface area contributed by atoms with Crippen molar-refractivity contribution < 1.29 is 33.0 Å². The Hall–Kier alpha value is -1.02. The van der Waals surface area contributed by atoms with E-state index in [0.29, 0.717) is 50.7 Å². The molecule has 0 aromatic carbocycles. The van der Waals surface area contributed by atoms with E-state index < -0.39 is 5.41 Å². The van der Waals surface area contributed by atoms with Crippen LogP contribution in [0.2, 0.25) is 0 Å². The van der Waals surface area contributed by atoms with Crippen LogP contribution >= 0.6 is 0 Å². The van der Waals surface area contributed by atoms with Crippen molar-refractivity contribution in [3.63, 3.8) is 0 Å². The number of hydrogen-bond acceptors (Lipinski definition) is 6. The lowest BCUT2D eigenvalue weighted by atomic mass is 9.40. The van der Waals surface area contributed by atoms with Gasteiger partial charge in [-0.1, -0.05) is 20.3 Å². The Morgan fingerprint density at radius 3 is 2.00 bits per heavy atom. The molecule has 0 amide bonds. The molecule has 0 aromatic rings. The zero-order chi connectivity index (χ0) is 29.8. The van der Waals surface area contributed by atoms with Crippen LogP contribution in [0, 0.1) is 33.5 Å². The Morgan fingerprint density at radius 2 is 1.37 bits per heavy atom. The second kappa shape index (κ2) is 13.3. The normalized spacial score (nSPS) is 36.6. The van der Waals surface area contributed by atoms with E-state index >= 15 is 0 Å². The van der Waals surface area contributed by atoms with Crippen molar-refractivity contribution in [2.75, 3.05) is 72.4 Å². The molecule has 236 valence electrons. The molecule has 0 N–H and O–H groups in total. The molecular formula is C34H60NO6+. The average molecular weight is 579 g/mol. The number of esters is 1. The van der Waals surface area contributed by atoms with Crippen molar-refractivity contribution in [3.05, 3.63) is 0 Å². The molecule has 6 atom stereocenters. The molecular weight excluding hydrogens is 518 g/mol. The molecule has 0 saturated heterocycles. The van der Waals surface area contributed by atoms with Crippen molar-refractivity contribution in [1.29, 1.82) is 0 Å². The summed E-state index contributed by atoms with van der Waals surface area (Å²) < 4.78 is 24.1. The highest BCUT2D eigenvalue weighted by Crippen LogP contribution is 2.73. The molecule has 4 aliphatic carbocycles. The third-order valence-corrected chi connectivity index (χ3v) is 12.7. The number of fused-ring (bicyclic) bond motifs is 3. The fourth-order valence-corrected chi connectivity index (χ4v) is 10.1. The molecule has 4 aliphatic rings. The van der Waals surface area contributed by atoms with Crippen molar-refractivity contribution in [2.45, 2.75) is 99.3 Å². The number of ether oxygens (including phenoxy) is 4. The van der Waals surface area contributed by atoms with Crippen LogP contribution in [-0.2, 0) is 28.5 Å². The molecule has 0 unspecified atom stereocenters. The van der Waals surface area contributed by atoms with Gasteiger partial charge >= 0.3 is 5.97 Å². The third kappa shape index (κ3) is 6.44. The molecule has 7 nitrogen and oxygen atoms in total. The van der Waals surface area contributed by atoms with Crippen molar-refractivity contribution in [3.8, 4) is 0 Å². The van der Waals surface area contributed by atoms with E-state index in [4.69, 9.17) is 18.9 Å². The maximum absolute atomic E-state index is 13.5. The van der Waals surface area contributed by atoms with Gasteiger partial charge in [0.15, 0.2) is 0 Å². The van der Waals surface area contributed by atoms with Crippen molar-refractivity contribution in [1.82, 2.24) is 0 Å². The van der Waals surface area contributed by atoms with E-state index in [1.165, 1.54) is 6.42 Å². The first kappa shape index (κ1) is 32.9. The second-order valence-electron chi connectivity index (χ2n) is 14.6. The molecule has 4 rings (SSSR count). The maximum Gasteiger partial charge on any atom is 0.312 e. The summed E-state index contributed by atoms with van der Waals surface area (Å²) in [5, 5.41) is 0. The van der Waals surface area contributed by atoms with E-state index in [-0.39, 0.29) is 28.8 Å². The highest BCUT2D eigenvalue weighted by molar-refractivity contribution is 5.88. The summed E-state index contributed by atoms with van der Waals surface area (Å²) in [5.74, 6) is 1.31. The van der Waals surface area contributed by atoms with Gasteiger partial charge in [0, 0.05) is 11.8 Å². The zero-order valence-electron chi connectivity index (χ0n) is 27.2. The van der Waals surface area contributed by atoms with Crippen LogP contribution in [0.1, 0.15) is 99.3 Å². The first-order chi connectivity index (χ1) is 19.5. The molecule has 4 saturated carbocycles. The lowest BCUT2D eigenvalue weighted by Gasteiger charge is -2.63. The maximum atomic E-state index is 13.5. The fraction of sp³-hybridized carbons (Fsp3) is 0.941. The number of likely N-dealkylation sites (N-methyl/N-ethyl adjacent to an activating group) is 1. The van der Waals surface area contributed by atoms with Crippen LogP contribution in [-0.4, -0.2) is 88.7 Å². The van der Waals surface area contributed by atoms with Gasteiger partial charge in [-0.3, -0.25) is 9.59 Å². The topological polar surface area (TPSA) is 71.1 Å². The minimum atomic E-state index is -0.453. The molecule has 1 spiro atoms. The number of hydrogen-bond donors (Lipinski definition) is 0. The fourth-order valence-electron chi connectivity index (χ4n) is 10.1. The van der Waals surface area contributed by atoms with E-state index in [1.807, 2.05) is 0 Å². The molecule has 0 aliphatic heterocycles. The summed E-state index contributed by atoms with van der Waals surface area (Å²) in [6.07, 6.45) is 9.24. The van der Waals surface area contributed by atoms with Gasteiger partial charge in [0.2, 0.25) is 0 Å². The van der Waals surface area contributed by atoms with Gasteiger partial charge < -0.3 is 23.4 Å². The van der Waals surface area contributed by atoms with E-state index in [2.05, 4.69) is 41.5 Å².